The van der Waals surface area contributed by atoms with Crippen molar-refractivity contribution in [3.8, 4) is 11.1 Å². The average molecular weight is 311 g/mol. The van der Waals surface area contributed by atoms with E-state index in [4.69, 9.17) is 4.74 Å². The summed E-state index contributed by atoms with van der Waals surface area (Å²) in [6.07, 6.45) is 0. The number of nitrogens with one attached hydrogen (secondary N) is 2. The molecule has 4 heteroatoms. The number of carbonyl (C=O) groups is 1. The van der Waals surface area contributed by atoms with Crippen LogP contribution < -0.4 is 10.2 Å². The Morgan fingerprint density at radius 2 is 1.70 bits per heavy atom. The third-order valence-corrected chi connectivity index (χ3v) is 4.41. The summed E-state index contributed by atoms with van der Waals surface area (Å²) in [5.74, 6) is 0.0604. The standard InChI is InChI=1S/C19H22N2O2/c1-15(21-11-13-23-14-12-21)19(22)20-18-10-6-5-9-17(18)16-7-3-2-4-8-16/h2-10,15H,11-14H2,1H3,(H,20,22)/p+1/t15-/m0/s1. The van der Waals surface area contributed by atoms with Crippen LogP contribution in [0.2, 0.25) is 0 Å². The lowest BCUT2D eigenvalue weighted by atomic mass is 10.0. The molecule has 0 aliphatic carbocycles. The van der Waals surface area contributed by atoms with Crippen LogP contribution in [0.5, 0.6) is 0 Å². The molecule has 120 valence electrons. The number of ether oxygens (including phenoxy) is 1. The van der Waals surface area contributed by atoms with Crippen molar-refractivity contribution >= 4 is 11.6 Å². The maximum Gasteiger partial charge on any atom is 0.282 e. The van der Waals surface area contributed by atoms with Gasteiger partial charge in [-0.25, -0.2) is 0 Å². The highest BCUT2D eigenvalue weighted by Crippen LogP contribution is 2.27. The second kappa shape index (κ2) is 7.40. The zero-order valence-electron chi connectivity index (χ0n) is 13.4. The molecule has 1 aliphatic rings. The highest BCUT2D eigenvalue weighted by Gasteiger charge is 2.27. The Morgan fingerprint density at radius 1 is 1.04 bits per heavy atom. The summed E-state index contributed by atoms with van der Waals surface area (Å²) in [4.78, 5) is 13.9. The lowest BCUT2D eigenvalue weighted by molar-refractivity contribution is -0.921. The third kappa shape index (κ3) is 3.78. The van der Waals surface area contributed by atoms with Crippen LogP contribution in [-0.2, 0) is 9.53 Å². The molecule has 0 spiro atoms. The van der Waals surface area contributed by atoms with Crippen molar-refractivity contribution in [1.29, 1.82) is 0 Å². The van der Waals surface area contributed by atoms with Crippen molar-refractivity contribution in [1.82, 2.24) is 0 Å². The second-order valence-corrected chi connectivity index (χ2v) is 5.89. The molecule has 3 rings (SSSR count). The number of rotatable bonds is 4. The van der Waals surface area contributed by atoms with E-state index in [0.717, 1.165) is 43.1 Å². The molecule has 1 heterocycles. The molecule has 0 unspecified atom stereocenters. The number of quaternary nitrogens is 1. The van der Waals surface area contributed by atoms with Gasteiger partial charge in [-0.15, -0.1) is 0 Å². The molecular formula is C19H23N2O2+. The molecule has 4 nitrogen and oxygen atoms in total. The van der Waals surface area contributed by atoms with Crippen molar-refractivity contribution in [3.05, 3.63) is 54.6 Å². The van der Waals surface area contributed by atoms with E-state index in [9.17, 15) is 4.79 Å². The highest BCUT2D eigenvalue weighted by atomic mass is 16.5. The van der Waals surface area contributed by atoms with E-state index in [-0.39, 0.29) is 11.9 Å². The Labute approximate surface area is 137 Å². The fraction of sp³-hybridized carbons (Fsp3) is 0.316. The van der Waals surface area contributed by atoms with Gasteiger partial charge in [0.25, 0.3) is 5.91 Å². The summed E-state index contributed by atoms with van der Waals surface area (Å²) >= 11 is 0. The van der Waals surface area contributed by atoms with Gasteiger partial charge in [-0.2, -0.15) is 0 Å². The van der Waals surface area contributed by atoms with Gasteiger partial charge < -0.3 is 15.0 Å². The first-order valence-electron chi connectivity index (χ1n) is 8.13. The minimum atomic E-state index is -0.0808. The van der Waals surface area contributed by atoms with Gasteiger partial charge in [0, 0.05) is 11.3 Å². The Kier molecular flexibility index (Phi) is 5.05. The summed E-state index contributed by atoms with van der Waals surface area (Å²) < 4.78 is 5.37. The predicted octanol–water partition coefficient (Wildman–Crippen LogP) is 1.60. The normalized spacial score (nSPS) is 16.7. The van der Waals surface area contributed by atoms with E-state index in [1.54, 1.807) is 0 Å². The number of anilines is 1. The Hall–Kier alpha value is -2.17. The van der Waals surface area contributed by atoms with Gasteiger partial charge in [0.1, 0.15) is 13.1 Å². The van der Waals surface area contributed by atoms with Crippen LogP contribution in [0.25, 0.3) is 11.1 Å². The van der Waals surface area contributed by atoms with Crippen LogP contribution in [0.1, 0.15) is 6.92 Å². The molecule has 0 saturated carbocycles. The molecule has 2 aromatic rings. The van der Waals surface area contributed by atoms with Crippen LogP contribution >= 0.6 is 0 Å². The largest absolute Gasteiger partial charge is 0.370 e. The number of hydrogen-bond donors (Lipinski definition) is 2. The summed E-state index contributed by atoms with van der Waals surface area (Å²) in [6, 6.07) is 18.0. The van der Waals surface area contributed by atoms with E-state index >= 15 is 0 Å². The molecule has 2 N–H and O–H groups in total. The summed E-state index contributed by atoms with van der Waals surface area (Å²) in [5, 5.41) is 3.11. The number of carbonyl (C=O) groups excluding carboxylic acids is 1. The minimum Gasteiger partial charge on any atom is -0.370 e. The smallest absolute Gasteiger partial charge is 0.282 e. The Balaban J connectivity index is 1.76. The van der Waals surface area contributed by atoms with Crippen molar-refractivity contribution in [2.24, 2.45) is 0 Å². The quantitative estimate of drug-likeness (QED) is 0.900. The lowest BCUT2D eigenvalue weighted by Gasteiger charge is -2.28. The SMILES string of the molecule is C[C@@H](C(=O)Nc1ccccc1-c1ccccc1)[NH+]1CCOCC1. The van der Waals surface area contributed by atoms with Gasteiger partial charge in [-0.3, -0.25) is 4.79 Å². The van der Waals surface area contributed by atoms with Gasteiger partial charge in [-0.1, -0.05) is 48.5 Å². The van der Waals surface area contributed by atoms with Gasteiger partial charge in [0.05, 0.1) is 13.2 Å². The third-order valence-electron chi connectivity index (χ3n) is 4.41. The van der Waals surface area contributed by atoms with E-state index < -0.39 is 0 Å². The van der Waals surface area contributed by atoms with Crippen LogP contribution in [0.3, 0.4) is 0 Å². The maximum atomic E-state index is 12.6. The van der Waals surface area contributed by atoms with Crippen molar-refractivity contribution in [2.45, 2.75) is 13.0 Å². The van der Waals surface area contributed by atoms with Crippen LogP contribution in [-0.4, -0.2) is 38.3 Å². The van der Waals surface area contributed by atoms with Crippen molar-refractivity contribution in [2.75, 3.05) is 31.6 Å². The fourth-order valence-corrected chi connectivity index (χ4v) is 2.95. The first-order valence-corrected chi connectivity index (χ1v) is 8.13. The number of morpholine rings is 1. The van der Waals surface area contributed by atoms with Gasteiger partial charge in [0.2, 0.25) is 0 Å². The zero-order chi connectivity index (χ0) is 16.1. The van der Waals surface area contributed by atoms with Crippen molar-refractivity contribution < 1.29 is 14.4 Å². The van der Waals surface area contributed by atoms with Crippen LogP contribution in [0.4, 0.5) is 5.69 Å². The molecule has 0 aromatic heterocycles. The number of para-hydroxylation sites is 1. The molecule has 1 amide bonds. The van der Waals surface area contributed by atoms with E-state index in [2.05, 4.69) is 17.4 Å². The summed E-state index contributed by atoms with van der Waals surface area (Å²) in [7, 11) is 0. The molecule has 1 saturated heterocycles. The Morgan fingerprint density at radius 3 is 2.43 bits per heavy atom. The topological polar surface area (TPSA) is 42.8 Å². The average Bonchev–Trinajstić information content (AvgIpc) is 2.63. The molecule has 23 heavy (non-hydrogen) atoms. The molecule has 0 radical (unpaired) electrons. The monoisotopic (exact) mass is 311 g/mol. The molecular weight excluding hydrogens is 288 g/mol. The van der Waals surface area contributed by atoms with E-state index in [0.29, 0.717) is 0 Å². The van der Waals surface area contributed by atoms with Gasteiger partial charge in [-0.05, 0) is 18.6 Å². The fourth-order valence-electron chi connectivity index (χ4n) is 2.95. The highest BCUT2D eigenvalue weighted by molar-refractivity contribution is 5.97. The molecule has 1 aliphatic heterocycles. The van der Waals surface area contributed by atoms with Gasteiger partial charge in [0.15, 0.2) is 6.04 Å². The molecule has 2 aromatic carbocycles. The minimum absolute atomic E-state index is 0.0604. The van der Waals surface area contributed by atoms with Crippen LogP contribution in [0, 0.1) is 0 Å². The summed E-state index contributed by atoms with van der Waals surface area (Å²) in [6.45, 7) is 5.21. The number of amides is 1. The van der Waals surface area contributed by atoms with E-state index in [1.807, 2.05) is 49.4 Å². The molecule has 0 bridgehead atoms. The molecule has 1 atom stereocenters. The second-order valence-electron chi connectivity index (χ2n) is 5.89. The van der Waals surface area contributed by atoms with Gasteiger partial charge >= 0.3 is 0 Å². The zero-order valence-corrected chi connectivity index (χ0v) is 13.4. The van der Waals surface area contributed by atoms with E-state index in [1.165, 1.54) is 4.90 Å². The lowest BCUT2D eigenvalue weighted by Crippen LogP contribution is -3.18. The first-order chi connectivity index (χ1) is 11.3. The predicted molar refractivity (Wildman–Crippen MR) is 91.5 cm³/mol. The number of benzene rings is 2. The van der Waals surface area contributed by atoms with Crippen LogP contribution in [0.15, 0.2) is 54.6 Å². The molecule has 1 fully saturated rings. The number of hydrogen-bond acceptors (Lipinski definition) is 2. The maximum absolute atomic E-state index is 12.6. The van der Waals surface area contributed by atoms with Crippen molar-refractivity contribution in [3.63, 3.8) is 0 Å². The first kappa shape index (κ1) is 15.7. The summed E-state index contributed by atoms with van der Waals surface area (Å²) in [5.41, 5.74) is 3.02. The Bertz CT molecular complexity index is 651.